The normalized spacial score (nSPS) is 27.9. The maximum Gasteiger partial charge on any atom is 0.289 e. The van der Waals surface area contributed by atoms with Gasteiger partial charge in [-0.25, -0.2) is 0 Å². The first kappa shape index (κ1) is 43.1. The smallest absolute Gasteiger partial charge is 0.289 e. The van der Waals surface area contributed by atoms with Crippen LogP contribution in [0.3, 0.4) is 0 Å². The molecule has 0 aromatic carbocycles. The number of piperidine rings is 1. The lowest BCUT2D eigenvalue weighted by Crippen LogP contribution is -2.62. The summed E-state index contributed by atoms with van der Waals surface area (Å²) in [5, 5.41) is 11.9. The molecule has 3 saturated carbocycles. The number of amides is 5. The summed E-state index contributed by atoms with van der Waals surface area (Å²) in [6, 6.07) is -3.84. The van der Waals surface area contributed by atoms with Gasteiger partial charge in [-0.15, -0.1) is 0 Å². The number of nitrogens with one attached hydrogen (secondary N) is 4. The van der Waals surface area contributed by atoms with Crippen LogP contribution in [0.25, 0.3) is 0 Å². The highest BCUT2D eigenvalue weighted by atomic mass is 16.2. The van der Waals surface area contributed by atoms with Crippen LogP contribution < -0.4 is 21.3 Å². The molecule has 6 atom stereocenters. The van der Waals surface area contributed by atoms with Crippen molar-refractivity contribution in [2.45, 2.75) is 176 Å². The molecule has 55 heavy (non-hydrogen) atoms. The molecule has 5 fully saturated rings. The zero-order valence-corrected chi connectivity index (χ0v) is 35.4. The molecule has 0 aromatic heterocycles. The Morgan fingerprint density at radius 3 is 2.02 bits per heavy atom. The fraction of sp³-hybridized carbons (Fsp3) is 0.860. The van der Waals surface area contributed by atoms with E-state index in [2.05, 4.69) is 46.9 Å². The molecule has 12 heteroatoms. The van der Waals surface area contributed by atoms with Gasteiger partial charge >= 0.3 is 0 Å². The van der Waals surface area contributed by atoms with Crippen LogP contribution in [0.1, 0.15) is 146 Å². The summed E-state index contributed by atoms with van der Waals surface area (Å²) >= 11 is 0. The molecule has 5 aliphatic rings. The third-order valence-corrected chi connectivity index (χ3v) is 14.7. The summed E-state index contributed by atoms with van der Waals surface area (Å²) in [6.45, 7) is 20.7. The van der Waals surface area contributed by atoms with Crippen molar-refractivity contribution in [1.82, 2.24) is 31.1 Å². The van der Waals surface area contributed by atoms with Gasteiger partial charge in [0.05, 0.1) is 12.0 Å². The van der Waals surface area contributed by atoms with Gasteiger partial charge in [-0.05, 0) is 100 Å². The molecule has 3 aliphatic carbocycles. The van der Waals surface area contributed by atoms with Crippen LogP contribution in [0.2, 0.25) is 0 Å². The SMILES string of the molecule is CCC[C@H](NC(=O)[C@@H]1C[C@@]2(CN1C(=O)[C@@H](NC(=O)[C@@H](NC(=O)[C@H]1CCCN(CC)C1)C1CCCCC1)C(C)(C)C)C(C)(C)C21CCC1)C(=O)C(=O)NC(C)C. The molecule has 0 aromatic rings. The first-order valence-corrected chi connectivity index (χ1v) is 21.6. The lowest BCUT2D eigenvalue weighted by atomic mass is 9.73. The third-order valence-electron chi connectivity index (χ3n) is 14.7. The Kier molecular flexibility index (Phi) is 13.2. The number of hydrogen-bond donors (Lipinski definition) is 4. The molecular weight excluding hydrogens is 697 g/mol. The van der Waals surface area contributed by atoms with Crippen LogP contribution >= 0.6 is 0 Å². The van der Waals surface area contributed by atoms with Crippen molar-refractivity contribution in [3.8, 4) is 0 Å². The Labute approximate surface area is 330 Å². The molecule has 2 saturated heterocycles. The van der Waals surface area contributed by atoms with E-state index in [1.165, 1.54) is 0 Å². The second-order valence-corrected chi connectivity index (χ2v) is 19.6. The number of hydrogen-bond acceptors (Lipinski definition) is 7. The number of likely N-dealkylation sites (tertiary alicyclic amines) is 2. The fourth-order valence-corrected chi connectivity index (χ4v) is 11.1. The molecular formula is C43H72N6O6. The second-order valence-electron chi connectivity index (χ2n) is 19.6. The first-order valence-electron chi connectivity index (χ1n) is 21.6. The van der Waals surface area contributed by atoms with Crippen molar-refractivity contribution in [1.29, 1.82) is 0 Å². The quantitative estimate of drug-likeness (QED) is 0.190. The maximum absolute atomic E-state index is 15.1. The summed E-state index contributed by atoms with van der Waals surface area (Å²) in [7, 11) is 0. The van der Waals surface area contributed by atoms with Crippen LogP contribution in [-0.2, 0) is 28.8 Å². The van der Waals surface area contributed by atoms with Crippen LogP contribution in [0, 0.1) is 33.5 Å². The van der Waals surface area contributed by atoms with Crippen molar-refractivity contribution in [3.63, 3.8) is 0 Å². The number of nitrogens with zero attached hydrogens (tertiary/aromatic N) is 2. The molecule has 0 radical (unpaired) electrons. The minimum atomic E-state index is -1.01. The topological polar surface area (TPSA) is 157 Å². The van der Waals surface area contributed by atoms with E-state index >= 15 is 4.79 Å². The highest BCUT2D eigenvalue weighted by Crippen LogP contribution is 2.88. The number of carbonyl (C=O) groups is 6. The van der Waals surface area contributed by atoms with Gasteiger partial charge < -0.3 is 31.1 Å². The summed E-state index contributed by atoms with van der Waals surface area (Å²) in [4.78, 5) is 87.9. The average molecular weight is 769 g/mol. The lowest BCUT2D eigenvalue weighted by molar-refractivity contribution is -0.146. The van der Waals surface area contributed by atoms with Crippen molar-refractivity contribution in [3.05, 3.63) is 0 Å². The molecule has 5 rings (SSSR count). The van der Waals surface area contributed by atoms with Crippen LogP contribution in [-0.4, -0.2) is 102 Å². The summed E-state index contributed by atoms with van der Waals surface area (Å²) in [5.41, 5.74) is -1.05. The van der Waals surface area contributed by atoms with E-state index in [1.54, 1.807) is 18.7 Å². The van der Waals surface area contributed by atoms with Gasteiger partial charge in [0, 0.05) is 24.5 Å². The van der Waals surface area contributed by atoms with Crippen LogP contribution in [0.4, 0.5) is 0 Å². The molecule has 12 nitrogen and oxygen atoms in total. The first-order chi connectivity index (χ1) is 25.8. The highest BCUT2D eigenvalue weighted by molar-refractivity contribution is 6.38. The molecule has 2 spiro atoms. The molecule has 0 bridgehead atoms. The van der Waals surface area contributed by atoms with Crippen molar-refractivity contribution in [2.75, 3.05) is 26.2 Å². The minimum absolute atomic E-state index is 0.0282. The predicted molar refractivity (Wildman–Crippen MR) is 212 cm³/mol. The monoisotopic (exact) mass is 769 g/mol. The number of rotatable bonds is 14. The zero-order valence-electron chi connectivity index (χ0n) is 35.4. The van der Waals surface area contributed by atoms with E-state index in [0.717, 1.165) is 77.3 Å². The van der Waals surface area contributed by atoms with Crippen molar-refractivity contribution in [2.24, 2.45) is 33.5 Å². The molecule has 2 heterocycles. The van der Waals surface area contributed by atoms with Crippen molar-refractivity contribution < 1.29 is 28.8 Å². The lowest BCUT2D eigenvalue weighted by Gasteiger charge is -2.38. The van der Waals surface area contributed by atoms with E-state index in [-0.39, 0.29) is 51.8 Å². The van der Waals surface area contributed by atoms with Gasteiger partial charge in [-0.1, -0.05) is 80.6 Å². The Morgan fingerprint density at radius 1 is 0.800 bits per heavy atom. The largest absolute Gasteiger partial charge is 0.347 e. The Hall–Kier alpha value is -3.02. The van der Waals surface area contributed by atoms with Gasteiger partial charge in [0.1, 0.15) is 18.1 Å². The summed E-state index contributed by atoms with van der Waals surface area (Å²) in [5.74, 6) is -2.85. The Balaban J connectivity index is 1.41. The minimum Gasteiger partial charge on any atom is -0.347 e. The number of ketones is 1. The number of carbonyl (C=O) groups excluding carboxylic acids is 6. The summed E-state index contributed by atoms with van der Waals surface area (Å²) < 4.78 is 0. The van der Waals surface area contributed by atoms with Crippen LogP contribution in [0.15, 0.2) is 0 Å². The van der Waals surface area contributed by atoms with E-state index in [1.807, 2.05) is 27.7 Å². The van der Waals surface area contributed by atoms with Gasteiger partial charge in [0.15, 0.2) is 0 Å². The molecule has 5 amide bonds. The van der Waals surface area contributed by atoms with Gasteiger partial charge in [0.25, 0.3) is 5.91 Å². The average Bonchev–Trinajstić information content (AvgIpc) is 3.33. The Bertz CT molecular complexity index is 1460. The second kappa shape index (κ2) is 16.8. The highest BCUT2D eigenvalue weighted by Gasteiger charge is 2.85. The molecule has 2 aliphatic heterocycles. The standard InChI is InChI=1S/C43H72N6O6/c1-10-17-30(33(50)38(54)44-27(3)4)45-36(52)31-24-43(41(8,9)42(43)21-16-22-42)26-49(31)39(55)34(40(5,6)7)47-37(53)32(28-18-13-12-14-19-28)46-35(51)29-20-15-23-48(11-2)25-29/h27-32,34H,10-26H2,1-9H3,(H,44,54)(H,45,52)(H,46,51)(H,47,53)/t29-,30-,31-,32-,34+,43+/m0/s1. The number of Topliss-reactive ketones (excluding diaryl/α,β-unsaturated/α-hetero) is 1. The van der Waals surface area contributed by atoms with E-state index in [4.69, 9.17) is 0 Å². The summed E-state index contributed by atoms with van der Waals surface area (Å²) in [6.07, 6.45) is 11.0. The van der Waals surface area contributed by atoms with E-state index in [9.17, 15) is 24.0 Å². The maximum atomic E-state index is 15.1. The number of fused-ring (bicyclic) bond motifs is 1. The fourth-order valence-electron chi connectivity index (χ4n) is 11.1. The molecule has 4 N–H and O–H groups in total. The van der Waals surface area contributed by atoms with E-state index < -0.39 is 47.2 Å². The Morgan fingerprint density at radius 2 is 1.47 bits per heavy atom. The van der Waals surface area contributed by atoms with Gasteiger partial charge in [-0.3, -0.25) is 28.8 Å². The van der Waals surface area contributed by atoms with Gasteiger partial charge in [0.2, 0.25) is 29.4 Å². The van der Waals surface area contributed by atoms with Gasteiger partial charge in [-0.2, -0.15) is 0 Å². The molecule has 310 valence electrons. The zero-order chi connectivity index (χ0) is 40.5. The third kappa shape index (κ3) is 8.36. The molecule has 0 unspecified atom stereocenters. The van der Waals surface area contributed by atoms with Crippen molar-refractivity contribution >= 4 is 35.3 Å². The predicted octanol–water partition coefficient (Wildman–Crippen LogP) is 4.49. The van der Waals surface area contributed by atoms with Crippen LogP contribution in [0.5, 0.6) is 0 Å². The van der Waals surface area contributed by atoms with E-state index in [0.29, 0.717) is 32.4 Å².